The molecule has 100 valence electrons. The molecule has 1 unspecified atom stereocenters. The summed E-state index contributed by atoms with van der Waals surface area (Å²) < 4.78 is 6.91. The SMILES string of the molecule is CNC(C)c1ccc(Oc2ccccc2C)c(Br)c1. The van der Waals surface area contributed by atoms with Gasteiger partial charge in [0.1, 0.15) is 11.5 Å². The third-order valence-corrected chi connectivity index (χ3v) is 3.82. The first kappa shape index (κ1) is 14.1. The van der Waals surface area contributed by atoms with E-state index in [0.717, 1.165) is 21.5 Å². The lowest BCUT2D eigenvalue weighted by atomic mass is 10.1. The predicted molar refractivity (Wildman–Crippen MR) is 82.9 cm³/mol. The summed E-state index contributed by atoms with van der Waals surface area (Å²) >= 11 is 3.57. The van der Waals surface area contributed by atoms with Crippen LogP contribution in [0.1, 0.15) is 24.1 Å². The summed E-state index contributed by atoms with van der Waals surface area (Å²) in [5, 5.41) is 3.23. The molecule has 0 fully saturated rings. The van der Waals surface area contributed by atoms with Gasteiger partial charge in [0, 0.05) is 6.04 Å². The number of aryl methyl sites for hydroxylation is 1. The van der Waals surface area contributed by atoms with E-state index in [1.54, 1.807) is 0 Å². The van der Waals surface area contributed by atoms with Crippen LogP contribution < -0.4 is 10.1 Å². The summed E-state index contributed by atoms with van der Waals surface area (Å²) in [4.78, 5) is 0. The summed E-state index contributed by atoms with van der Waals surface area (Å²) in [6, 6.07) is 14.5. The minimum absolute atomic E-state index is 0.323. The van der Waals surface area contributed by atoms with Crippen LogP contribution in [0.2, 0.25) is 0 Å². The summed E-state index contributed by atoms with van der Waals surface area (Å²) in [6.07, 6.45) is 0. The Kier molecular flexibility index (Phi) is 4.61. The first-order valence-corrected chi connectivity index (χ1v) is 7.11. The molecule has 3 heteroatoms. The van der Waals surface area contributed by atoms with Gasteiger partial charge in [0.25, 0.3) is 0 Å². The lowest BCUT2D eigenvalue weighted by Gasteiger charge is -2.14. The minimum atomic E-state index is 0.323. The van der Waals surface area contributed by atoms with Gasteiger partial charge in [-0.3, -0.25) is 0 Å². The van der Waals surface area contributed by atoms with E-state index in [1.165, 1.54) is 5.56 Å². The number of nitrogens with one attached hydrogen (secondary N) is 1. The van der Waals surface area contributed by atoms with Crippen LogP contribution in [0.5, 0.6) is 11.5 Å². The fraction of sp³-hybridized carbons (Fsp3) is 0.250. The van der Waals surface area contributed by atoms with Crippen molar-refractivity contribution in [1.29, 1.82) is 0 Å². The molecule has 0 spiro atoms. The van der Waals surface area contributed by atoms with E-state index in [0.29, 0.717) is 6.04 Å². The van der Waals surface area contributed by atoms with E-state index in [4.69, 9.17) is 4.74 Å². The topological polar surface area (TPSA) is 21.3 Å². The van der Waals surface area contributed by atoms with Crippen LogP contribution in [-0.4, -0.2) is 7.05 Å². The van der Waals surface area contributed by atoms with Gasteiger partial charge in [0.2, 0.25) is 0 Å². The Morgan fingerprint density at radius 1 is 1.11 bits per heavy atom. The van der Waals surface area contributed by atoms with E-state index >= 15 is 0 Å². The molecule has 0 bridgehead atoms. The highest BCUT2D eigenvalue weighted by Gasteiger charge is 2.08. The van der Waals surface area contributed by atoms with Gasteiger partial charge in [-0.05, 0) is 66.2 Å². The second-order valence-electron chi connectivity index (χ2n) is 4.57. The summed E-state index contributed by atoms with van der Waals surface area (Å²) in [6.45, 7) is 4.17. The van der Waals surface area contributed by atoms with Crippen molar-refractivity contribution in [3.05, 3.63) is 58.1 Å². The Morgan fingerprint density at radius 2 is 1.84 bits per heavy atom. The highest BCUT2D eigenvalue weighted by atomic mass is 79.9. The molecule has 0 saturated carbocycles. The van der Waals surface area contributed by atoms with Gasteiger partial charge in [0.05, 0.1) is 4.47 Å². The third-order valence-electron chi connectivity index (χ3n) is 3.20. The number of rotatable bonds is 4. The minimum Gasteiger partial charge on any atom is -0.456 e. The van der Waals surface area contributed by atoms with Crippen LogP contribution >= 0.6 is 15.9 Å². The van der Waals surface area contributed by atoms with Gasteiger partial charge in [-0.2, -0.15) is 0 Å². The summed E-state index contributed by atoms with van der Waals surface area (Å²) in [5.41, 5.74) is 2.36. The quantitative estimate of drug-likeness (QED) is 0.871. The molecule has 0 aliphatic heterocycles. The summed E-state index contributed by atoms with van der Waals surface area (Å²) in [5.74, 6) is 1.72. The maximum atomic E-state index is 5.94. The van der Waals surface area contributed by atoms with E-state index in [-0.39, 0.29) is 0 Å². The Hall–Kier alpha value is -1.32. The molecule has 2 nitrogen and oxygen atoms in total. The maximum absolute atomic E-state index is 5.94. The molecule has 2 aromatic carbocycles. The normalized spacial score (nSPS) is 12.2. The van der Waals surface area contributed by atoms with Crippen LogP contribution in [0, 0.1) is 6.92 Å². The van der Waals surface area contributed by atoms with Gasteiger partial charge < -0.3 is 10.1 Å². The number of hydrogen-bond acceptors (Lipinski definition) is 2. The largest absolute Gasteiger partial charge is 0.456 e. The number of hydrogen-bond donors (Lipinski definition) is 1. The van der Waals surface area contributed by atoms with Crippen molar-refractivity contribution in [2.24, 2.45) is 0 Å². The maximum Gasteiger partial charge on any atom is 0.141 e. The summed E-state index contributed by atoms with van der Waals surface area (Å²) in [7, 11) is 1.95. The fourth-order valence-corrected chi connectivity index (χ4v) is 2.30. The van der Waals surface area contributed by atoms with Crippen LogP contribution in [0.25, 0.3) is 0 Å². The molecule has 1 N–H and O–H groups in total. The molecule has 1 atom stereocenters. The van der Waals surface area contributed by atoms with Crippen molar-refractivity contribution in [2.75, 3.05) is 7.05 Å². The molecular weight excluding hydrogens is 302 g/mol. The average Bonchev–Trinajstić information content (AvgIpc) is 2.42. The Morgan fingerprint density at radius 3 is 2.47 bits per heavy atom. The number of ether oxygens (including phenoxy) is 1. The number of halogens is 1. The van der Waals surface area contributed by atoms with Gasteiger partial charge >= 0.3 is 0 Å². The molecule has 0 aliphatic rings. The van der Waals surface area contributed by atoms with E-state index in [9.17, 15) is 0 Å². The lowest BCUT2D eigenvalue weighted by Crippen LogP contribution is -2.12. The number of benzene rings is 2. The van der Waals surface area contributed by atoms with Crippen molar-refractivity contribution in [3.8, 4) is 11.5 Å². The first-order valence-electron chi connectivity index (χ1n) is 6.32. The molecule has 0 radical (unpaired) electrons. The van der Waals surface area contributed by atoms with Crippen LogP contribution in [0.3, 0.4) is 0 Å². The number of para-hydroxylation sites is 1. The van der Waals surface area contributed by atoms with Crippen LogP contribution in [-0.2, 0) is 0 Å². The van der Waals surface area contributed by atoms with Crippen LogP contribution in [0.15, 0.2) is 46.9 Å². The molecule has 0 aromatic heterocycles. The standard InChI is InChI=1S/C16H18BrNO/c1-11-6-4-5-7-15(11)19-16-9-8-13(10-14(16)17)12(2)18-3/h4-10,12,18H,1-3H3. The van der Waals surface area contributed by atoms with Gasteiger partial charge in [-0.25, -0.2) is 0 Å². The second-order valence-corrected chi connectivity index (χ2v) is 5.42. The molecule has 2 aromatic rings. The lowest BCUT2D eigenvalue weighted by molar-refractivity contribution is 0.475. The monoisotopic (exact) mass is 319 g/mol. The third kappa shape index (κ3) is 3.37. The zero-order valence-corrected chi connectivity index (χ0v) is 13.0. The molecule has 0 amide bonds. The van der Waals surface area contributed by atoms with Gasteiger partial charge in [0.15, 0.2) is 0 Å². The second kappa shape index (κ2) is 6.22. The Balaban J connectivity index is 2.25. The van der Waals surface area contributed by atoms with Crippen molar-refractivity contribution < 1.29 is 4.74 Å². The zero-order chi connectivity index (χ0) is 13.8. The fourth-order valence-electron chi connectivity index (χ4n) is 1.83. The van der Waals surface area contributed by atoms with Crippen molar-refractivity contribution >= 4 is 15.9 Å². The predicted octanol–water partition coefficient (Wildman–Crippen LogP) is 4.83. The molecule has 0 aliphatic carbocycles. The average molecular weight is 320 g/mol. The molecule has 0 heterocycles. The zero-order valence-electron chi connectivity index (χ0n) is 11.4. The molecule has 2 rings (SSSR count). The van der Waals surface area contributed by atoms with Crippen molar-refractivity contribution in [3.63, 3.8) is 0 Å². The van der Waals surface area contributed by atoms with E-state index < -0.39 is 0 Å². The highest BCUT2D eigenvalue weighted by Crippen LogP contribution is 2.33. The van der Waals surface area contributed by atoms with Gasteiger partial charge in [-0.15, -0.1) is 0 Å². The van der Waals surface area contributed by atoms with E-state index in [2.05, 4.69) is 40.3 Å². The Labute approximate surface area is 122 Å². The Bertz CT molecular complexity index is 568. The molecular formula is C16H18BrNO. The molecule has 19 heavy (non-hydrogen) atoms. The van der Waals surface area contributed by atoms with E-state index in [1.807, 2.05) is 44.3 Å². The molecule has 0 saturated heterocycles. The first-order chi connectivity index (χ1) is 9.11. The van der Waals surface area contributed by atoms with Crippen molar-refractivity contribution in [2.45, 2.75) is 19.9 Å². The highest BCUT2D eigenvalue weighted by molar-refractivity contribution is 9.10. The van der Waals surface area contributed by atoms with Gasteiger partial charge in [-0.1, -0.05) is 24.3 Å². The van der Waals surface area contributed by atoms with Crippen molar-refractivity contribution in [1.82, 2.24) is 5.32 Å². The van der Waals surface area contributed by atoms with Crippen LogP contribution in [0.4, 0.5) is 0 Å². The smallest absolute Gasteiger partial charge is 0.141 e.